The molecule has 0 saturated carbocycles. The Labute approximate surface area is 89.4 Å². The van der Waals surface area contributed by atoms with Crippen LogP contribution in [0.2, 0.25) is 5.15 Å². The molecule has 1 rings (SSSR count). The van der Waals surface area contributed by atoms with Gasteiger partial charge in [0, 0.05) is 6.20 Å². The van der Waals surface area contributed by atoms with Gasteiger partial charge in [-0.2, -0.15) is 0 Å². The summed E-state index contributed by atoms with van der Waals surface area (Å²) in [6.07, 6.45) is 9.27. The number of aromatic nitrogens is 1. The second-order valence-electron chi connectivity index (χ2n) is 2.84. The third-order valence-electron chi connectivity index (χ3n) is 1.78. The van der Waals surface area contributed by atoms with E-state index in [1.165, 1.54) is 0 Å². The molecule has 0 bridgehead atoms. The summed E-state index contributed by atoms with van der Waals surface area (Å²) in [5.74, 6) is 0. The van der Waals surface area contributed by atoms with E-state index in [2.05, 4.69) is 11.6 Å². The Hall–Kier alpha value is -1.34. The highest BCUT2D eigenvalue weighted by Crippen LogP contribution is 2.16. The first kappa shape index (κ1) is 10.7. The number of allylic oxidation sites excluding steroid dienone is 5. The summed E-state index contributed by atoms with van der Waals surface area (Å²) in [6, 6.07) is 3.77. The number of hydrogen-bond acceptors (Lipinski definition) is 1. The molecule has 0 unspecified atom stereocenters. The molecule has 1 aromatic rings. The first-order chi connectivity index (χ1) is 6.74. The van der Waals surface area contributed by atoms with E-state index in [4.69, 9.17) is 11.6 Å². The van der Waals surface area contributed by atoms with Crippen LogP contribution >= 0.6 is 11.6 Å². The molecule has 1 nitrogen and oxygen atoms in total. The summed E-state index contributed by atoms with van der Waals surface area (Å²) in [6.45, 7) is 5.62. The average molecular weight is 206 g/mol. The second kappa shape index (κ2) is 5.40. The van der Waals surface area contributed by atoms with Gasteiger partial charge < -0.3 is 0 Å². The van der Waals surface area contributed by atoms with Crippen molar-refractivity contribution in [1.29, 1.82) is 0 Å². The number of halogens is 1. The fraction of sp³-hybridized carbons (Fsp3) is 0.0833. The zero-order valence-corrected chi connectivity index (χ0v) is 8.83. The lowest BCUT2D eigenvalue weighted by Crippen LogP contribution is -1.80. The molecule has 0 aliphatic rings. The lowest BCUT2D eigenvalue weighted by Gasteiger charge is -1.99. The quantitative estimate of drug-likeness (QED) is 0.539. The highest BCUT2D eigenvalue weighted by molar-refractivity contribution is 6.29. The van der Waals surface area contributed by atoms with Crippen LogP contribution in [0.3, 0.4) is 0 Å². The molecule has 0 N–H and O–H groups in total. The molecule has 0 aliphatic heterocycles. The van der Waals surface area contributed by atoms with Gasteiger partial charge in [-0.05, 0) is 30.2 Å². The minimum Gasteiger partial charge on any atom is -0.245 e. The molecule has 0 atom stereocenters. The topological polar surface area (TPSA) is 12.9 Å². The first-order valence-electron chi connectivity index (χ1n) is 4.32. The molecule has 0 radical (unpaired) electrons. The smallest absolute Gasteiger partial charge is 0.129 e. The van der Waals surface area contributed by atoms with Crippen LogP contribution in [0.15, 0.2) is 49.2 Å². The summed E-state index contributed by atoms with van der Waals surface area (Å²) >= 11 is 5.78. The number of pyridine rings is 1. The van der Waals surface area contributed by atoms with Gasteiger partial charge in [0.15, 0.2) is 0 Å². The van der Waals surface area contributed by atoms with E-state index < -0.39 is 0 Å². The van der Waals surface area contributed by atoms with Crippen molar-refractivity contribution >= 4 is 17.2 Å². The van der Waals surface area contributed by atoms with E-state index in [9.17, 15) is 0 Å². The van der Waals surface area contributed by atoms with Crippen LogP contribution in [0.1, 0.15) is 12.5 Å². The minimum atomic E-state index is 0.517. The summed E-state index contributed by atoms with van der Waals surface area (Å²) in [5, 5.41) is 0.517. The van der Waals surface area contributed by atoms with Crippen LogP contribution in [-0.4, -0.2) is 4.98 Å². The molecular formula is C12H12ClN. The summed E-state index contributed by atoms with van der Waals surface area (Å²) < 4.78 is 0. The average Bonchev–Trinajstić information content (AvgIpc) is 2.18. The van der Waals surface area contributed by atoms with Crippen LogP contribution in [0.4, 0.5) is 0 Å². The molecule has 1 heterocycles. The van der Waals surface area contributed by atoms with Gasteiger partial charge in [0.05, 0.1) is 0 Å². The third-order valence-corrected chi connectivity index (χ3v) is 1.98. The maximum absolute atomic E-state index is 5.78. The minimum absolute atomic E-state index is 0.517. The van der Waals surface area contributed by atoms with Gasteiger partial charge in [-0.1, -0.05) is 42.5 Å². The van der Waals surface area contributed by atoms with Gasteiger partial charge in [-0.25, -0.2) is 4.98 Å². The predicted molar refractivity (Wildman–Crippen MR) is 62.2 cm³/mol. The van der Waals surface area contributed by atoms with Crippen LogP contribution in [0.5, 0.6) is 0 Å². The lowest BCUT2D eigenvalue weighted by atomic mass is 10.1. The molecule has 2 heteroatoms. The number of hydrogen-bond donors (Lipinski definition) is 0. The summed E-state index contributed by atoms with van der Waals surface area (Å²) in [7, 11) is 0. The van der Waals surface area contributed by atoms with E-state index >= 15 is 0 Å². The molecule has 0 saturated heterocycles. The Morgan fingerprint density at radius 1 is 1.50 bits per heavy atom. The van der Waals surface area contributed by atoms with Crippen molar-refractivity contribution in [2.45, 2.75) is 6.92 Å². The SMILES string of the molecule is C=C/C=C\C=C(/C)c1ccnc(Cl)c1. The molecule has 72 valence electrons. The second-order valence-corrected chi connectivity index (χ2v) is 3.22. The molecule has 14 heavy (non-hydrogen) atoms. The molecular weight excluding hydrogens is 194 g/mol. The summed E-state index contributed by atoms with van der Waals surface area (Å²) in [5.41, 5.74) is 2.23. The largest absolute Gasteiger partial charge is 0.245 e. The van der Waals surface area contributed by atoms with Crippen LogP contribution < -0.4 is 0 Å². The van der Waals surface area contributed by atoms with Crippen molar-refractivity contribution in [2.75, 3.05) is 0 Å². The monoisotopic (exact) mass is 205 g/mol. The maximum atomic E-state index is 5.78. The molecule has 0 spiro atoms. The standard InChI is InChI=1S/C12H12ClN/c1-3-4-5-6-10(2)11-7-8-14-12(13)9-11/h3-9H,1H2,2H3/b5-4-,10-6+. The number of rotatable bonds is 3. The van der Waals surface area contributed by atoms with E-state index in [0.29, 0.717) is 5.15 Å². The molecule has 1 aromatic heterocycles. The van der Waals surface area contributed by atoms with Crippen LogP contribution in [0, 0.1) is 0 Å². The van der Waals surface area contributed by atoms with E-state index in [1.807, 2.05) is 37.3 Å². The Morgan fingerprint density at radius 2 is 2.29 bits per heavy atom. The van der Waals surface area contributed by atoms with E-state index in [1.54, 1.807) is 12.3 Å². The zero-order chi connectivity index (χ0) is 10.4. The molecule has 0 aromatic carbocycles. The lowest BCUT2D eigenvalue weighted by molar-refractivity contribution is 1.31. The Bertz CT molecular complexity index is 378. The first-order valence-corrected chi connectivity index (χ1v) is 4.70. The van der Waals surface area contributed by atoms with E-state index in [-0.39, 0.29) is 0 Å². The Kier molecular flexibility index (Phi) is 4.14. The zero-order valence-electron chi connectivity index (χ0n) is 8.07. The van der Waals surface area contributed by atoms with Crippen molar-refractivity contribution in [1.82, 2.24) is 4.98 Å². The highest BCUT2D eigenvalue weighted by Gasteiger charge is 1.95. The fourth-order valence-corrected chi connectivity index (χ4v) is 1.20. The van der Waals surface area contributed by atoms with Gasteiger partial charge in [0.1, 0.15) is 5.15 Å². The predicted octanol–water partition coefficient (Wildman–Crippen LogP) is 3.88. The highest BCUT2D eigenvalue weighted by atomic mass is 35.5. The van der Waals surface area contributed by atoms with Crippen molar-refractivity contribution < 1.29 is 0 Å². The molecule has 0 fully saturated rings. The van der Waals surface area contributed by atoms with Gasteiger partial charge >= 0.3 is 0 Å². The molecule has 0 amide bonds. The van der Waals surface area contributed by atoms with Gasteiger partial charge in [-0.15, -0.1) is 0 Å². The van der Waals surface area contributed by atoms with Crippen molar-refractivity contribution in [3.05, 3.63) is 59.9 Å². The Balaban J connectivity index is 2.88. The van der Waals surface area contributed by atoms with E-state index in [0.717, 1.165) is 11.1 Å². The van der Waals surface area contributed by atoms with Crippen LogP contribution in [-0.2, 0) is 0 Å². The molecule has 0 aliphatic carbocycles. The Morgan fingerprint density at radius 3 is 2.93 bits per heavy atom. The number of nitrogens with zero attached hydrogens (tertiary/aromatic N) is 1. The van der Waals surface area contributed by atoms with Gasteiger partial charge in [0.25, 0.3) is 0 Å². The third kappa shape index (κ3) is 3.19. The van der Waals surface area contributed by atoms with Crippen molar-refractivity contribution in [3.63, 3.8) is 0 Å². The van der Waals surface area contributed by atoms with Gasteiger partial charge in [-0.3, -0.25) is 0 Å². The fourth-order valence-electron chi connectivity index (χ4n) is 1.02. The van der Waals surface area contributed by atoms with Crippen molar-refractivity contribution in [3.8, 4) is 0 Å². The van der Waals surface area contributed by atoms with Crippen LogP contribution in [0.25, 0.3) is 5.57 Å². The van der Waals surface area contributed by atoms with Crippen molar-refractivity contribution in [2.24, 2.45) is 0 Å². The summed E-state index contributed by atoms with van der Waals surface area (Å²) in [4.78, 5) is 3.92. The van der Waals surface area contributed by atoms with Gasteiger partial charge in [0.2, 0.25) is 0 Å². The normalized spacial score (nSPS) is 12.0. The maximum Gasteiger partial charge on any atom is 0.129 e.